The summed E-state index contributed by atoms with van der Waals surface area (Å²) in [6.45, 7) is 1.41. The summed E-state index contributed by atoms with van der Waals surface area (Å²) in [6, 6.07) is 2.08. The zero-order chi connectivity index (χ0) is 18.1. The van der Waals surface area contributed by atoms with Gasteiger partial charge in [-0.2, -0.15) is 5.10 Å². The van der Waals surface area contributed by atoms with E-state index in [1.54, 1.807) is 6.33 Å². The number of hydrogen-bond donors (Lipinski definition) is 3. The number of carbonyl (C=O) groups is 2. The maximum Gasteiger partial charge on any atom is 0.267 e. The molecule has 4 rings (SSSR count). The molecule has 9 nitrogen and oxygen atoms in total. The van der Waals surface area contributed by atoms with Gasteiger partial charge in [0.15, 0.2) is 0 Å². The summed E-state index contributed by atoms with van der Waals surface area (Å²) >= 11 is 0. The highest BCUT2D eigenvalue weighted by Gasteiger charge is 2.34. The number of β-amino-alcohol motifs (C(OH)–C–C–N with tert-alkyl or cyclic N) is 1. The molecule has 2 amide bonds. The SMILES string of the molecule is O=C1CCC(C(=O)NC2CC(c3cc(N4CCC(O)C4)ncn3)C2)=NN1. The molecule has 0 aromatic carbocycles. The highest BCUT2D eigenvalue weighted by Crippen LogP contribution is 2.36. The van der Waals surface area contributed by atoms with Crippen LogP contribution in [0.15, 0.2) is 17.5 Å². The molecule has 1 aliphatic carbocycles. The van der Waals surface area contributed by atoms with Gasteiger partial charge in [0.05, 0.1) is 6.10 Å². The first kappa shape index (κ1) is 16.9. The lowest BCUT2D eigenvalue weighted by Gasteiger charge is -2.35. The van der Waals surface area contributed by atoms with Gasteiger partial charge in [-0.3, -0.25) is 9.59 Å². The van der Waals surface area contributed by atoms with E-state index in [4.69, 9.17) is 0 Å². The van der Waals surface area contributed by atoms with Crippen molar-refractivity contribution in [1.29, 1.82) is 0 Å². The average molecular weight is 358 g/mol. The van der Waals surface area contributed by atoms with Crippen molar-refractivity contribution in [2.45, 2.75) is 50.2 Å². The van der Waals surface area contributed by atoms with E-state index in [-0.39, 0.29) is 24.0 Å². The first-order chi connectivity index (χ1) is 12.6. The molecule has 1 aromatic rings. The summed E-state index contributed by atoms with van der Waals surface area (Å²) in [4.78, 5) is 34.0. The molecule has 3 N–H and O–H groups in total. The Morgan fingerprint density at radius 2 is 2.15 bits per heavy atom. The molecule has 3 heterocycles. The second kappa shape index (κ2) is 6.99. The Hall–Kier alpha value is -2.55. The van der Waals surface area contributed by atoms with Gasteiger partial charge < -0.3 is 15.3 Å². The molecule has 1 saturated carbocycles. The van der Waals surface area contributed by atoms with Gasteiger partial charge in [-0.25, -0.2) is 15.4 Å². The second-order valence-electron chi connectivity index (χ2n) is 7.12. The van der Waals surface area contributed by atoms with Gasteiger partial charge in [0.2, 0.25) is 5.91 Å². The zero-order valence-electron chi connectivity index (χ0n) is 14.4. The number of nitrogens with one attached hydrogen (secondary N) is 2. The van der Waals surface area contributed by atoms with Crippen molar-refractivity contribution in [2.75, 3.05) is 18.0 Å². The van der Waals surface area contributed by atoms with Gasteiger partial charge in [0.1, 0.15) is 17.9 Å². The molecule has 26 heavy (non-hydrogen) atoms. The van der Waals surface area contributed by atoms with Crippen molar-refractivity contribution in [1.82, 2.24) is 20.7 Å². The van der Waals surface area contributed by atoms with Gasteiger partial charge in [0.25, 0.3) is 5.91 Å². The molecule has 1 saturated heterocycles. The van der Waals surface area contributed by atoms with E-state index in [0.717, 1.165) is 37.3 Å². The molecule has 2 fully saturated rings. The maximum atomic E-state index is 12.2. The Morgan fingerprint density at radius 3 is 2.85 bits per heavy atom. The fraction of sp³-hybridized carbons (Fsp3) is 0.588. The van der Waals surface area contributed by atoms with Gasteiger partial charge in [-0.15, -0.1) is 0 Å². The summed E-state index contributed by atoms with van der Waals surface area (Å²) in [5.41, 5.74) is 3.70. The van der Waals surface area contributed by atoms with Crippen molar-refractivity contribution in [3.63, 3.8) is 0 Å². The number of rotatable bonds is 4. The summed E-state index contributed by atoms with van der Waals surface area (Å²) in [7, 11) is 0. The molecular weight excluding hydrogens is 336 g/mol. The third-order valence-corrected chi connectivity index (χ3v) is 5.22. The number of aromatic nitrogens is 2. The molecule has 1 aromatic heterocycles. The Morgan fingerprint density at radius 1 is 1.31 bits per heavy atom. The molecule has 1 atom stereocenters. The minimum atomic E-state index is -0.288. The highest BCUT2D eigenvalue weighted by atomic mass is 16.3. The average Bonchev–Trinajstić information content (AvgIpc) is 3.05. The molecule has 0 bridgehead atoms. The zero-order valence-corrected chi connectivity index (χ0v) is 14.4. The lowest BCUT2D eigenvalue weighted by Crippen LogP contribution is -2.47. The van der Waals surface area contributed by atoms with Gasteiger partial charge in [-0.1, -0.05) is 0 Å². The van der Waals surface area contributed by atoms with Crippen LogP contribution in [0.5, 0.6) is 0 Å². The van der Waals surface area contributed by atoms with Crippen LogP contribution < -0.4 is 15.6 Å². The van der Waals surface area contributed by atoms with Gasteiger partial charge in [-0.05, 0) is 19.3 Å². The molecule has 9 heteroatoms. The molecule has 1 unspecified atom stereocenters. The summed E-state index contributed by atoms with van der Waals surface area (Å²) in [6.07, 6.45) is 4.37. The maximum absolute atomic E-state index is 12.2. The second-order valence-corrected chi connectivity index (χ2v) is 7.12. The third kappa shape index (κ3) is 3.52. The van der Waals surface area contributed by atoms with E-state index in [0.29, 0.717) is 31.0 Å². The van der Waals surface area contributed by atoms with Crippen molar-refractivity contribution in [2.24, 2.45) is 5.10 Å². The van der Waals surface area contributed by atoms with Crippen molar-refractivity contribution in [3.8, 4) is 0 Å². The van der Waals surface area contributed by atoms with Crippen molar-refractivity contribution >= 4 is 23.3 Å². The lowest BCUT2D eigenvalue weighted by atomic mass is 9.78. The number of hydrazone groups is 1. The minimum absolute atomic E-state index is 0.0971. The quantitative estimate of drug-likeness (QED) is 0.678. The number of aliphatic hydroxyl groups is 1. The Bertz CT molecular complexity index is 746. The van der Waals surface area contributed by atoms with Crippen LogP contribution in [0.4, 0.5) is 5.82 Å². The van der Waals surface area contributed by atoms with Crippen LogP contribution in [-0.4, -0.2) is 57.8 Å². The van der Waals surface area contributed by atoms with Crippen LogP contribution in [0.1, 0.15) is 43.7 Å². The molecular formula is C17H22N6O3. The monoisotopic (exact) mass is 358 g/mol. The lowest BCUT2D eigenvalue weighted by molar-refractivity contribution is -0.121. The number of amides is 2. The Labute approximate surface area is 150 Å². The highest BCUT2D eigenvalue weighted by molar-refractivity contribution is 6.39. The fourth-order valence-electron chi connectivity index (χ4n) is 3.59. The van der Waals surface area contributed by atoms with E-state index >= 15 is 0 Å². The number of anilines is 1. The van der Waals surface area contributed by atoms with E-state index in [1.807, 2.05) is 6.07 Å². The van der Waals surface area contributed by atoms with Gasteiger partial charge in [0, 0.05) is 49.7 Å². The van der Waals surface area contributed by atoms with Crippen LogP contribution in [-0.2, 0) is 9.59 Å². The van der Waals surface area contributed by atoms with E-state index in [1.165, 1.54) is 0 Å². The third-order valence-electron chi connectivity index (χ3n) is 5.22. The van der Waals surface area contributed by atoms with Crippen LogP contribution in [0.25, 0.3) is 0 Å². The number of aliphatic hydroxyl groups excluding tert-OH is 1. The molecule has 0 spiro atoms. The molecule has 2 aliphatic heterocycles. The van der Waals surface area contributed by atoms with Crippen LogP contribution in [0.3, 0.4) is 0 Å². The Kier molecular flexibility index (Phi) is 4.54. The minimum Gasteiger partial charge on any atom is -0.391 e. The van der Waals surface area contributed by atoms with Crippen LogP contribution in [0.2, 0.25) is 0 Å². The van der Waals surface area contributed by atoms with Crippen molar-refractivity contribution in [3.05, 3.63) is 18.1 Å². The first-order valence-corrected chi connectivity index (χ1v) is 8.99. The number of hydrogen-bond acceptors (Lipinski definition) is 7. The Balaban J connectivity index is 1.31. The smallest absolute Gasteiger partial charge is 0.267 e. The predicted octanol–water partition coefficient (Wildman–Crippen LogP) is -0.324. The van der Waals surface area contributed by atoms with E-state index < -0.39 is 0 Å². The standard InChI is InChI=1S/C17H22N6O3/c24-12-3-4-23(8-12)15-7-14(18-9-19-15)10-5-11(6-10)20-17(26)13-1-2-16(25)22-21-13/h7,9-12,24H,1-6,8H2,(H,20,26)(H,22,25). The first-order valence-electron chi connectivity index (χ1n) is 8.99. The normalized spacial score (nSPS) is 28.2. The van der Waals surface area contributed by atoms with Crippen LogP contribution in [0, 0.1) is 0 Å². The van der Waals surface area contributed by atoms with Crippen LogP contribution >= 0.6 is 0 Å². The summed E-state index contributed by atoms with van der Waals surface area (Å²) < 4.78 is 0. The predicted molar refractivity (Wildman–Crippen MR) is 93.6 cm³/mol. The number of nitrogens with zero attached hydrogens (tertiary/aromatic N) is 4. The molecule has 138 valence electrons. The summed E-state index contributed by atoms with van der Waals surface area (Å²) in [5, 5.41) is 16.5. The van der Waals surface area contributed by atoms with Gasteiger partial charge >= 0.3 is 0 Å². The van der Waals surface area contributed by atoms with Crippen molar-refractivity contribution < 1.29 is 14.7 Å². The number of carbonyl (C=O) groups excluding carboxylic acids is 2. The van der Waals surface area contributed by atoms with E-state index in [9.17, 15) is 14.7 Å². The summed E-state index contributed by atoms with van der Waals surface area (Å²) in [5.74, 6) is 0.784. The molecule has 0 radical (unpaired) electrons. The molecule has 3 aliphatic rings. The fourth-order valence-corrected chi connectivity index (χ4v) is 3.59. The topological polar surface area (TPSA) is 120 Å². The van der Waals surface area contributed by atoms with E-state index in [2.05, 4.69) is 30.7 Å². The largest absolute Gasteiger partial charge is 0.391 e.